The van der Waals surface area contributed by atoms with E-state index in [2.05, 4.69) is 5.10 Å². The summed E-state index contributed by atoms with van der Waals surface area (Å²) in [6, 6.07) is 0. The molecule has 2 aliphatic rings. The Morgan fingerprint density at radius 1 is 1.04 bits per heavy atom. The van der Waals surface area contributed by atoms with E-state index in [-0.39, 0.29) is 55.1 Å². The summed E-state index contributed by atoms with van der Waals surface area (Å²) in [7, 11) is -2.02. The summed E-state index contributed by atoms with van der Waals surface area (Å²) in [6.45, 7) is 4.15. The zero-order valence-corrected chi connectivity index (χ0v) is 17.2. The molecule has 0 saturated carbocycles. The van der Waals surface area contributed by atoms with Crippen molar-refractivity contribution in [2.24, 2.45) is 7.05 Å². The molecule has 154 valence electrons. The highest BCUT2D eigenvalue weighted by Gasteiger charge is 2.35. The molecule has 0 N–H and O–H groups in total. The number of amides is 3. The number of aromatic nitrogens is 2. The van der Waals surface area contributed by atoms with Gasteiger partial charge in [-0.2, -0.15) is 9.40 Å². The lowest BCUT2D eigenvalue weighted by molar-refractivity contribution is -0.145. The van der Waals surface area contributed by atoms with Crippen molar-refractivity contribution >= 4 is 27.7 Å². The fourth-order valence-corrected chi connectivity index (χ4v) is 5.54. The Labute approximate surface area is 164 Å². The van der Waals surface area contributed by atoms with E-state index in [0.717, 1.165) is 4.90 Å². The van der Waals surface area contributed by atoms with Crippen LogP contribution in [0, 0.1) is 13.8 Å². The molecule has 10 nitrogen and oxygen atoms in total. The second-order valence-corrected chi connectivity index (χ2v) is 9.01. The van der Waals surface area contributed by atoms with Gasteiger partial charge in [-0.1, -0.05) is 0 Å². The number of hydrogen-bond donors (Lipinski definition) is 0. The zero-order valence-electron chi connectivity index (χ0n) is 16.3. The molecule has 0 radical (unpaired) electrons. The highest BCUT2D eigenvalue weighted by molar-refractivity contribution is 7.89. The molecule has 0 unspecified atom stereocenters. The number of nitrogens with zero attached hydrogens (tertiary/aromatic N) is 5. The second-order valence-electron chi connectivity index (χ2n) is 7.14. The number of rotatable bonds is 4. The number of aryl methyl sites for hydroxylation is 2. The van der Waals surface area contributed by atoms with Crippen molar-refractivity contribution in [3.63, 3.8) is 0 Å². The SMILES string of the molecule is Cc1nn(C)c(C)c1S(=O)(=O)N1CCCN(C(=O)CN2C(=O)CCC2=O)CC1. The summed E-state index contributed by atoms with van der Waals surface area (Å²) in [4.78, 5) is 38.7. The van der Waals surface area contributed by atoms with E-state index in [4.69, 9.17) is 0 Å². The van der Waals surface area contributed by atoms with E-state index in [1.54, 1.807) is 25.6 Å². The molecule has 2 fully saturated rings. The molecule has 28 heavy (non-hydrogen) atoms. The number of sulfonamides is 1. The molecule has 2 aliphatic heterocycles. The quantitative estimate of drug-likeness (QED) is 0.612. The van der Waals surface area contributed by atoms with Gasteiger partial charge in [-0.15, -0.1) is 0 Å². The molecule has 11 heteroatoms. The van der Waals surface area contributed by atoms with Gasteiger partial charge in [0, 0.05) is 46.1 Å². The van der Waals surface area contributed by atoms with E-state index in [0.29, 0.717) is 30.9 Å². The minimum atomic E-state index is -3.72. The minimum absolute atomic E-state index is 0.141. The first-order valence-corrected chi connectivity index (χ1v) is 10.7. The fraction of sp³-hybridized carbons (Fsp3) is 0.647. The van der Waals surface area contributed by atoms with Crippen LogP contribution in [0.5, 0.6) is 0 Å². The smallest absolute Gasteiger partial charge is 0.246 e. The van der Waals surface area contributed by atoms with Crippen molar-refractivity contribution in [2.75, 3.05) is 32.7 Å². The van der Waals surface area contributed by atoms with Crippen LogP contribution in [0.2, 0.25) is 0 Å². The summed E-state index contributed by atoms with van der Waals surface area (Å²) in [6.07, 6.45) is 0.759. The Morgan fingerprint density at radius 3 is 2.25 bits per heavy atom. The second kappa shape index (κ2) is 7.63. The molecule has 0 aromatic carbocycles. The third-order valence-electron chi connectivity index (χ3n) is 5.30. The normalized spacial score (nSPS) is 19.4. The van der Waals surface area contributed by atoms with Crippen LogP contribution in [0.4, 0.5) is 0 Å². The fourth-order valence-electron chi connectivity index (χ4n) is 3.67. The molecule has 0 aliphatic carbocycles. The predicted octanol–water partition coefficient (Wildman–Crippen LogP) is -0.591. The highest BCUT2D eigenvalue weighted by Crippen LogP contribution is 2.24. The maximum Gasteiger partial charge on any atom is 0.246 e. The first-order valence-electron chi connectivity index (χ1n) is 9.24. The maximum atomic E-state index is 13.1. The van der Waals surface area contributed by atoms with Crippen LogP contribution in [0.3, 0.4) is 0 Å². The van der Waals surface area contributed by atoms with E-state index in [1.165, 1.54) is 9.21 Å². The van der Waals surface area contributed by atoms with Crippen LogP contribution in [0.1, 0.15) is 30.7 Å². The lowest BCUT2D eigenvalue weighted by Crippen LogP contribution is -2.44. The van der Waals surface area contributed by atoms with Crippen LogP contribution in [0.25, 0.3) is 0 Å². The Bertz CT molecular complexity index is 907. The van der Waals surface area contributed by atoms with Crippen molar-refractivity contribution in [3.05, 3.63) is 11.4 Å². The van der Waals surface area contributed by atoms with Gasteiger partial charge in [0.05, 0.1) is 11.4 Å². The van der Waals surface area contributed by atoms with Gasteiger partial charge in [-0.3, -0.25) is 24.0 Å². The molecule has 3 amide bonds. The molecule has 2 saturated heterocycles. The molecule has 1 aromatic heterocycles. The van der Waals surface area contributed by atoms with Gasteiger partial charge in [0.2, 0.25) is 27.7 Å². The molecule has 3 rings (SSSR count). The molecular formula is C17H25N5O5S. The van der Waals surface area contributed by atoms with Gasteiger partial charge in [0.25, 0.3) is 0 Å². The number of hydrogen-bond acceptors (Lipinski definition) is 6. The third-order valence-corrected chi connectivity index (χ3v) is 7.45. The monoisotopic (exact) mass is 411 g/mol. The first-order chi connectivity index (χ1) is 13.1. The van der Waals surface area contributed by atoms with Gasteiger partial charge in [0.1, 0.15) is 11.4 Å². The number of carbonyl (C=O) groups excluding carboxylic acids is 3. The molecule has 0 atom stereocenters. The molecule has 0 bridgehead atoms. The van der Waals surface area contributed by atoms with Gasteiger partial charge in [-0.05, 0) is 20.3 Å². The zero-order chi connectivity index (χ0) is 20.6. The average molecular weight is 411 g/mol. The summed E-state index contributed by atoms with van der Waals surface area (Å²) >= 11 is 0. The van der Waals surface area contributed by atoms with Crippen LogP contribution >= 0.6 is 0 Å². The maximum absolute atomic E-state index is 13.1. The topological polar surface area (TPSA) is 113 Å². The Morgan fingerprint density at radius 2 is 1.68 bits per heavy atom. The highest BCUT2D eigenvalue weighted by atomic mass is 32.2. The largest absolute Gasteiger partial charge is 0.340 e. The third kappa shape index (κ3) is 3.68. The molecule has 1 aromatic rings. The Balaban J connectivity index is 1.70. The van der Waals surface area contributed by atoms with Crippen molar-refractivity contribution in [1.82, 2.24) is 23.9 Å². The van der Waals surface area contributed by atoms with Crippen LogP contribution in [-0.2, 0) is 31.5 Å². The lowest BCUT2D eigenvalue weighted by Gasteiger charge is -2.24. The van der Waals surface area contributed by atoms with Crippen molar-refractivity contribution in [2.45, 2.75) is 38.0 Å². The standard InChI is InChI=1S/C17H25N5O5S/c1-12-17(13(2)19(3)18-12)28(26,27)21-8-4-7-20(9-10-21)16(25)11-22-14(23)5-6-15(22)24/h4-11H2,1-3H3. The van der Waals surface area contributed by atoms with E-state index < -0.39 is 10.0 Å². The van der Waals surface area contributed by atoms with E-state index >= 15 is 0 Å². The summed E-state index contributed by atoms with van der Waals surface area (Å²) < 4.78 is 29.1. The van der Waals surface area contributed by atoms with Crippen molar-refractivity contribution in [1.29, 1.82) is 0 Å². The number of carbonyl (C=O) groups is 3. The van der Waals surface area contributed by atoms with Crippen molar-refractivity contribution in [3.8, 4) is 0 Å². The van der Waals surface area contributed by atoms with E-state index in [1.807, 2.05) is 0 Å². The Kier molecular flexibility index (Phi) is 5.57. The number of likely N-dealkylation sites (tertiary alicyclic amines) is 1. The molecule has 0 spiro atoms. The molecular weight excluding hydrogens is 386 g/mol. The minimum Gasteiger partial charge on any atom is -0.340 e. The van der Waals surface area contributed by atoms with Crippen molar-refractivity contribution < 1.29 is 22.8 Å². The average Bonchev–Trinajstić information content (AvgIpc) is 2.95. The number of imide groups is 1. The van der Waals surface area contributed by atoms with Gasteiger partial charge < -0.3 is 4.90 Å². The first kappa shape index (κ1) is 20.5. The summed E-state index contributed by atoms with van der Waals surface area (Å²) in [5.41, 5.74) is 1.02. The Hall–Kier alpha value is -2.27. The van der Waals surface area contributed by atoms with E-state index in [9.17, 15) is 22.8 Å². The van der Waals surface area contributed by atoms with Crippen LogP contribution in [0.15, 0.2) is 4.90 Å². The predicted molar refractivity (Wildman–Crippen MR) is 98.6 cm³/mol. The van der Waals surface area contributed by atoms with Gasteiger partial charge >= 0.3 is 0 Å². The van der Waals surface area contributed by atoms with Gasteiger partial charge in [-0.25, -0.2) is 8.42 Å². The lowest BCUT2D eigenvalue weighted by atomic mass is 10.3. The summed E-state index contributed by atoms with van der Waals surface area (Å²) in [5, 5.41) is 4.19. The van der Waals surface area contributed by atoms with Gasteiger partial charge in [0.15, 0.2) is 0 Å². The molecule has 3 heterocycles. The van der Waals surface area contributed by atoms with Crippen LogP contribution in [-0.4, -0.2) is 82.7 Å². The van der Waals surface area contributed by atoms with Crippen LogP contribution < -0.4 is 0 Å². The summed E-state index contributed by atoms with van der Waals surface area (Å²) in [5.74, 6) is -1.00.